The van der Waals surface area contributed by atoms with Crippen LogP contribution >= 0.6 is 0 Å². The quantitative estimate of drug-likeness (QED) is 0.778. The fraction of sp³-hybridized carbons (Fsp3) is 0.615. The highest BCUT2D eigenvalue weighted by atomic mass is 16.3. The summed E-state index contributed by atoms with van der Waals surface area (Å²) in [5.74, 6) is 0.579. The topological polar surface area (TPSA) is 33.1 Å². The number of aromatic nitrogens is 1. The predicted octanol–water partition coefficient (Wildman–Crippen LogP) is 2.81. The van der Waals surface area contributed by atoms with Crippen molar-refractivity contribution < 1.29 is 5.11 Å². The minimum atomic E-state index is -0.145. The first-order chi connectivity index (χ1) is 7.18. The van der Waals surface area contributed by atoms with Gasteiger partial charge in [0.05, 0.1) is 6.10 Å². The Labute approximate surface area is 92.4 Å². The van der Waals surface area contributed by atoms with Crippen LogP contribution in [0.5, 0.6) is 0 Å². The minimum absolute atomic E-state index is 0.145. The van der Waals surface area contributed by atoms with Gasteiger partial charge in [0.25, 0.3) is 0 Å². The van der Waals surface area contributed by atoms with Gasteiger partial charge in [-0.3, -0.25) is 4.98 Å². The monoisotopic (exact) mass is 207 g/mol. The molecule has 0 bridgehead atoms. The van der Waals surface area contributed by atoms with Crippen LogP contribution in [0.4, 0.5) is 0 Å². The lowest BCUT2D eigenvalue weighted by Gasteiger charge is -2.12. The maximum absolute atomic E-state index is 9.68. The minimum Gasteiger partial charge on any atom is -0.393 e. The normalized spacial score (nSPS) is 13.1. The molecule has 0 amide bonds. The Balaban J connectivity index is 2.16. The van der Waals surface area contributed by atoms with Gasteiger partial charge in [0.1, 0.15) is 0 Å². The molecular weight excluding hydrogens is 186 g/mol. The van der Waals surface area contributed by atoms with Crippen molar-refractivity contribution in [2.24, 2.45) is 5.92 Å². The van der Waals surface area contributed by atoms with Gasteiger partial charge in [0.15, 0.2) is 0 Å². The summed E-state index contributed by atoms with van der Waals surface area (Å²) in [4.78, 5) is 4.25. The largest absolute Gasteiger partial charge is 0.393 e. The Bertz CT molecular complexity index is 258. The summed E-state index contributed by atoms with van der Waals surface area (Å²) in [5, 5.41) is 9.68. The number of nitrogens with zero attached hydrogens (tertiary/aromatic N) is 1. The van der Waals surface area contributed by atoms with Crippen LogP contribution in [0.1, 0.15) is 38.8 Å². The summed E-state index contributed by atoms with van der Waals surface area (Å²) in [6, 6.07) is 5.97. The first-order valence-corrected chi connectivity index (χ1v) is 5.76. The number of aliphatic hydroxyl groups is 1. The van der Waals surface area contributed by atoms with E-state index in [4.69, 9.17) is 0 Å². The van der Waals surface area contributed by atoms with Gasteiger partial charge in [-0.1, -0.05) is 19.9 Å². The van der Waals surface area contributed by atoms with Crippen LogP contribution < -0.4 is 0 Å². The van der Waals surface area contributed by atoms with Gasteiger partial charge >= 0.3 is 0 Å². The molecule has 0 spiro atoms. The van der Waals surface area contributed by atoms with Gasteiger partial charge in [-0.2, -0.15) is 0 Å². The highest BCUT2D eigenvalue weighted by Gasteiger charge is 2.06. The third kappa shape index (κ3) is 5.53. The van der Waals surface area contributed by atoms with Crippen LogP contribution in [0.25, 0.3) is 0 Å². The van der Waals surface area contributed by atoms with Crippen LogP contribution in [0.3, 0.4) is 0 Å². The lowest BCUT2D eigenvalue weighted by Crippen LogP contribution is -2.10. The van der Waals surface area contributed by atoms with Crippen molar-refractivity contribution in [2.45, 2.75) is 45.6 Å². The van der Waals surface area contributed by atoms with Crippen LogP contribution in [0, 0.1) is 5.92 Å². The van der Waals surface area contributed by atoms with Crippen LogP contribution in [-0.4, -0.2) is 16.2 Å². The molecule has 0 aromatic carbocycles. The standard InChI is InChI=1S/C13H21NO/c1-11(2)10-13(15)8-5-7-12-6-3-4-9-14-12/h3-4,6,9,11,13,15H,5,7-8,10H2,1-2H3. The van der Waals surface area contributed by atoms with Crippen LogP contribution in [0.2, 0.25) is 0 Å². The van der Waals surface area contributed by atoms with E-state index >= 15 is 0 Å². The second-order valence-electron chi connectivity index (χ2n) is 4.50. The van der Waals surface area contributed by atoms with Crippen LogP contribution in [0.15, 0.2) is 24.4 Å². The molecular formula is C13H21NO. The molecule has 1 rings (SSSR count). The van der Waals surface area contributed by atoms with Gasteiger partial charge in [-0.15, -0.1) is 0 Å². The number of rotatable bonds is 6. The van der Waals surface area contributed by atoms with Crippen molar-refractivity contribution in [2.75, 3.05) is 0 Å². The number of aliphatic hydroxyl groups excluding tert-OH is 1. The zero-order valence-corrected chi connectivity index (χ0v) is 9.69. The average molecular weight is 207 g/mol. The first kappa shape index (κ1) is 12.2. The molecule has 1 N–H and O–H groups in total. The fourth-order valence-electron chi connectivity index (χ4n) is 1.73. The summed E-state index contributed by atoms with van der Waals surface area (Å²) in [6.07, 6.45) is 5.45. The summed E-state index contributed by atoms with van der Waals surface area (Å²) in [6.45, 7) is 4.28. The van der Waals surface area contributed by atoms with Crippen molar-refractivity contribution in [3.05, 3.63) is 30.1 Å². The number of hydrogen-bond acceptors (Lipinski definition) is 2. The van der Waals surface area contributed by atoms with Crippen LogP contribution in [-0.2, 0) is 6.42 Å². The highest BCUT2D eigenvalue weighted by molar-refractivity contribution is 5.03. The van der Waals surface area contributed by atoms with E-state index in [9.17, 15) is 5.11 Å². The smallest absolute Gasteiger partial charge is 0.0542 e. The Hall–Kier alpha value is -0.890. The SMILES string of the molecule is CC(C)CC(O)CCCc1ccccn1. The van der Waals surface area contributed by atoms with Gasteiger partial charge in [-0.25, -0.2) is 0 Å². The van der Waals surface area contributed by atoms with Gasteiger partial charge < -0.3 is 5.11 Å². The van der Waals surface area contributed by atoms with Gasteiger partial charge in [0.2, 0.25) is 0 Å². The van der Waals surface area contributed by atoms with E-state index in [0.29, 0.717) is 5.92 Å². The second-order valence-corrected chi connectivity index (χ2v) is 4.50. The zero-order chi connectivity index (χ0) is 11.1. The summed E-state index contributed by atoms with van der Waals surface area (Å²) in [7, 11) is 0. The molecule has 15 heavy (non-hydrogen) atoms. The molecule has 0 radical (unpaired) electrons. The van der Waals surface area contributed by atoms with E-state index < -0.39 is 0 Å². The first-order valence-electron chi connectivity index (χ1n) is 5.76. The second kappa shape index (κ2) is 6.57. The van der Waals surface area contributed by atoms with E-state index in [2.05, 4.69) is 18.8 Å². The predicted molar refractivity (Wildman–Crippen MR) is 62.6 cm³/mol. The zero-order valence-electron chi connectivity index (χ0n) is 9.69. The molecule has 1 unspecified atom stereocenters. The Kier molecular flexibility index (Phi) is 5.33. The molecule has 2 heteroatoms. The van der Waals surface area contributed by atoms with E-state index in [0.717, 1.165) is 31.4 Å². The summed E-state index contributed by atoms with van der Waals surface area (Å²) in [5.41, 5.74) is 1.12. The molecule has 0 saturated heterocycles. The fourth-order valence-corrected chi connectivity index (χ4v) is 1.73. The van der Waals surface area contributed by atoms with Gasteiger partial charge in [-0.05, 0) is 43.7 Å². The van der Waals surface area contributed by atoms with Crippen molar-refractivity contribution in [1.29, 1.82) is 0 Å². The molecule has 1 atom stereocenters. The Morgan fingerprint density at radius 1 is 1.33 bits per heavy atom. The number of pyridine rings is 1. The average Bonchev–Trinajstić information content (AvgIpc) is 2.18. The number of hydrogen-bond donors (Lipinski definition) is 1. The molecule has 1 heterocycles. The van der Waals surface area contributed by atoms with Gasteiger partial charge in [0, 0.05) is 11.9 Å². The third-order valence-electron chi connectivity index (χ3n) is 2.44. The molecule has 1 aromatic heterocycles. The van der Waals surface area contributed by atoms with E-state index in [1.54, 1.807) is 0 Å². The summed E-state index contributed by atoms with van der Waals surface area (Å²) < 4.78 is 0. The molecule has 0 fully saturated rings. The maximum Gasteiger partial charge on any atom is 0.0542 e. The molecule has 0 saturated carbocycles. The molecule has 0 aliphatic heterocycles. The molecule has 2 nitrogen and oxygen atoms in total. The van der Waals surface area contributed by atoms with E-state index in [1.165, 1.54) is 0 Å². The Morgan fingerprint density at radius 3 is 2.73 bits per heavy atom. The molecule has 0 aliphatic rings. The molecule has 84 valence electrons. The maximum atomic E-state index is 9.68. The van der Waals surface area contributed by atoms with E-state index in [-0.39, 0.29) is 6.10 Å². The lowest BCUT2D eigenvalue weighted by molar-refractivity contribution is 0.137. The van der Waals surface area contributed by atoms with Crippen molar-refractivity contribution in [1.82, 2.24) is 4.98 Å². The molecule has 1 aromatic rings. The van der Waals surface area contributed by atoms with Crippen molar-refractivity contribution in [3.8, 4) is 0 Å². The van der Waals surface area contributed by atoms with Crippen molar-refractivity contribution in [3.63, 3.8) is 0 Å². The third-order valence-corrected chi connectivity index (χ3v) is 2.44. The number of aryl methyl sites for hydroxylation is 1. The summed E-state index contributed by atoms with van der Waals surface area (Å²) >= 11 is 0. The Morgan fingerprint density at radius 2 is 2.13 bits per heavy atom. The van der Waals surface area contributed by atoms with E-state index in [1.807, 2.05) is 24.4 Å². The highest BCUT2D eigenvalue weighted by Crippen LogP contribution is 2.11. The molecule has 0 aliphatic carbocycles. The van der Waals surface area contributed by atoms with Crippen molar-refractivity contribution >= 4 is 0 Å². The lowest BCUT2D eigenvalue weighted by atomic mass is 10.0.